The number of likely N-dealkylation sites (tertiary alicyclic amines) is 1. The van der Waals surface area contributed by atoms with Gasteiger partial charge in [0, 0.05) is 36.8 Å². The van der Waals surface area contributed by atoms with E-state index in [9.17, 15) is 32.0 Å². The quantitative estimate of drug-likeness (QED) is 0.190. The highest BCUT2D eigenvalue weighted by Crippen LogP contribution is 2.31. The molecule has 0 saturated carbocycles. The summed E-state index contributed by atoms with van der Waals surface area (Å²) >= 11 is 0. The highest BCUT2D eigenvalue weighted by molar-refractivity contribution is 6.02. The normalized spacial score (nSPS) is 14.8. The first-order chi connectivity index (χ1) is 18.6. The van der Waals surface area contributed by atoms with Crippen molar-refractivity contribution in [1.29, 1.82) is 0 Å². The summed E-state index contributed by atoms with van der Waals surface area (Å²) in [6.45, 7) is 1.73. The van der Waals surface area contributed by atoms with Crippen LogP contribution in [-0.4, -0.2) is 56.5 Å². The Labute approximate surface area is 219 Å². The van der Waals surface area contributed by atoms with Crippen molar-refractivity contribution < 1.29 is 36.7 Å². The van der Waals surface area contributed by atoms with E-state index < -0.39 is 41.8 Å². The number of nitrogens with zero attached hydrogens (tertiary/aromatic N) is 5. The van der Waals surface area contributed by atoms with Crippen molar-refractivity contribution >= 4 is 17.4 Å². The van der Waals surface area contributed by atoms with Gasteiger partial charge in [0.15, 0.2) is 0 Å². The Balaban J connectivity index is 1.45. The number of hydrogen-bond donors (Lipinski definition) is 2. The van der Waals surface area contributed by atoms with E-state index in [4.69, 9.17) is 4.74 Å². The molecule has 1 fully saturated rings. The van der Waals surface area contributed by atoms with Gasteiger partial charge in [0.05, 0.1) is 5.69 Å². The van der Waals surface area contributed by atoms with Crippen molar-refractivity contribution in [1.82, 2.24) is 19.9 Å². The second-order valence-corrected chi connectivity index (χ2v) is 8.70. The third kappa shape index (κ3) is 6.56. The van der Waals surface area contributed by atoms with E-state index in [2.05, 4.69) is 25.4 Å². The maximum atomic E-state index is 13.9. The third-order valence-electron chi connectivity index (χ3n) is 6.10. The number of urea groups is 1. The van der Waals surface area contributed by atoms with Gasteiger partial charge in [-0.05, 0) is 38.0 Å². The molecule has 2 amide bonds. The molecule has 2 aromatic heterocycles. The summed E-state index contributed by atoms with van der Waals surface area (Å²) in [6.07, 6.45) is -2.38. The molecule has 3 heterocycles. The fourth-order valence-corrected chi connectivity index (χ4v) is 4.14. The number of amides is 2. The smallest absolute Gasteiger partial charge is 0.433 e. The molecule has 0 bridgehead atoms. The zero-order chi connectivity index (χ0) is 28.2. The summed E-state index contributed by atoms with van der Waals surface area (Å²) < 4.78 is 72.1. The zero-order valence-corrected chi connectivity index (χ0v) is 20.5. The number of benzene rings is 1. The van der Waals surface area contributed by atoms with Crippen LogP contribution in [0.15, 0.2) is 47.8 Å². The largest absolute Gasteiger partial charge is 0.471 e. The van der Waals surface area contributed by atoms with Gasteiger partial charge in [-0.1, -0.05) is 17.3 Å². The highest BCUT2D eigenvalue weighted by atomic mass is 19.4. The number of halogens is 5. The average Bonchev–Trinajstić information content (AvgIpc) is 2.91. The summed E-state index contributed by atoms with van der Waals surface area (Å²) in [5.41, 5.74) is -0.852. The van der Waals surface area contributed by atoms with Crippen molar-refractivity contribution in [2.45, 2.75) is 31.9 Å². The van der Waals surface area contributed by atoms with Crippen molar-refractivity contribution in [2.75, 3.05) is 25.0 Å². The SMILES string of the molecule is Cc1ncc(C(COc2cccc(C(F)(F)F)n2)=NO)c(C2CCN(C(=O)Nc3c(F)cccc3F)CC2)n1. The molecule has 1 aliphatic rings. The summed E-state index contributed by atoms with van der Waals surface area (Å²) in [5, 5.41) is 15.2. The molecule has 1 aromatic carbocycles. The molecule has 1 saturated heterocycles. The molecule has 0 spiro atoms. The molecule has 0 atom stereocenters. The minimum absolute atomic E-state index is 0.0283. The second kappa shape index (κ2) is 11.6. The van der Waals surface area contributed by atoms with Crippen LogP contribution < -0.4 is 10.1 Å². The highest BCUT2D eigenvalue weighted by Gasteiger charge is 2.33. The maximum absolute atomic E-state index is 13.9. The Morgan fingerprint density at radius 3 is 2.44 bits per heavy atom. The molecule has 1 aliphatic heterocycles. The van der Waals surface area contributed by atoms with Gasteiger partial charge in [0.25, 0.3) is 0 Å². The first-order valence-electron chi connectivity index (χ1n) is 11.8. The molecule has 0 radical (unpaired) electrons. The topological polar surface area (TPSA) is 113 Å². The monoisotopic (exact) mass is 550 g/mol. The number of ether oxygens (including phenoxy) is 1. The number of anilines is 1. The molecule has 0 aliphatic carbocycles. The predicted octanol–water partition coefficient (Wildman–Crippen LogP) is 5.15. The van der Waals surface area contributed by atoms with Gasteiger partial charge < -0.3 is 20.2 Å². The molecule has 39 heavy (non-hydrogen) atoms. The number of aryl methyl sites for hydroxylation is 1. The number of piperidine rings is 1. The fourth-order valence-electron chi connectivity index (χ4n) is 4.14. The molecular weight excluding hydrogens is 527 g/mol. The Morgan fingerprint density at radius 2 is 1.79 bits per heavy atom. The van der Waals surface area contributed by atoms with Crippen LogP contribution in [0.25, 0.3) is 0 Å². The van der Waals surface area contributed by atoms with Gasteiger partial charge in [-0.15, -0.1) is 0 Å². The van der Waals surface area contributed by atoms with E-state index in [0.717, 1.165) is 24.3 Å². The molecular formula is C25H23F5N6O3. The molecule has 4 rings (SSSR count). The summed E-state index contributed by atoms with van der Waals surface area (Å²) in [6, 6.07) is 5.80. The number of alkyl halides is 3. The number of oxime groups is 1. The van der Waals surface area contributed by atoms with Crippen LogP contribution in [0.2, 0.25) is 0 Å². The van der Waals surface area contributed by atoms with Gasteiger partial charge in [0.1, 0.15) is 41.2 Å². The molecule has 206 valence electrons. The van der Waals surface area contributed by atoms with E-state index in [-0.39, 0.29) is 30.6 Å². The molecule has 14 heteroatoms. The minimum atomic E-state index is -4.65. The number of carbonyl (C=O) groups excluding carboxylic acids is 1. The Kier molecular flexibility index (Phi) is 8.21. The summed E-state index contributed by atoms with van der Waals surface area (Å²) in [4.78, 5) is 26.1. The van der Waals surface area contributed by atoms with Crippen molar-refractivity contribution in [3.05, 3.63) is 77.0 Å². The summed E-state index contributed by atoms with van der Waals surface area (Å²) in [7, 11) is 0. The van der Waals surface area contributed by atoms with Crippen LogP contribution in [0.1, 0.15) is 41.5 Å². The van der Waals surface area contributed by atoms with Gasteiger partial charge in [-0.25, -0.2) is 28.5 Å². The third-order valence-corrected chi connectivity index (χ3v) is 6.10. The van der Waals surface area contributed by atoms with E-state index in [1.54, 1.807) is 6.92 Å². The average molecular weight is 550 g/mol. The number of pyridine rings is 1. The van der Waals surface area contributed by atoms with Crippen LogP contribution in [0.5, 0.6) is 5.88 Å². The van der Waals surface area contributed by atoms with E-state index in [1.807, 2.05) is 0 Å². The van der Waals surface area contributed by atoms with Crippen LogP contribution in [0, 0.1) is 18.6 Å². The number of carbonyl (C=O) groups is 1. The van der Waals surface area contributed by atoms with Crippen molar-refractivity contribution in [2.24, 2.45) is 5.16 Å². The number of nitrogens with one attached hydrogen (secondary N) is 1. The second-order valence-electron chi connectivity index (χ2n) is 8.70. The maximum Gasteiger partial charge on any atom is 0.433 e. The van der Waals surface area contributed by atoms with E-state index >= 15 is 0 Å². The molecule has 9 nitrogen and oxygen atoms in total. The fraction of sp³-hybridized carbons (Fsp3) is 0.320. The Hall–Kier alpha value is -4.36. The van der Waals surface area contributed by atoms with Gasteiger partial charge in [-0.2, -0.15) is 13.2 Å². The van der Waals surface area contributed by atoms with E-state index in [0.29, 0.717) is 29.9 Å². The predicted molar refractivity (Wildman–Crippen MR) is 129 cm³/mol. The summed E-state index contributed by atoms with van der Waals surface area (Å²) in [5.74, 6) is -1.87. The number of para-hydroxylation sites is 1. The van der Waals surface area contributed by atoms with Crippen LogP contribution in [0.3, 0.4) is 0 Å². The number of hydrogen-bond acceptors (Lipinski definition) is 7. The van der Waals surface area contributed by atoms with Crippen LogP contribution in [-0.2, 0) is 6.18 Å². The number of rotatable bonds is 6. The molecule has 3 aromatic rings. The zero-order valence-electron chi connectivity index (χ0n) is 20.5. The first-order valence-corrected chi connectivity index (χ1v) is 11.8. The molecule has 0 unspecified atom stereocenters. The van der Waals surface area contributed by atoms with Crippen LogP contribution in [0.4, 0.5) is 32.4 Å². The van der Waals surface area contributed by atoms with Crippen molar-refractivity contribution in [3.8, 4) is 5.88 Å². The first kappa shape index (κ1) is 27.7. The van der Waals surface area contributed by atoms with Gasteiger partial charge in [0.2, 0.25) is 5.88 Å². The lowest BCUT2D eigenvalue weighted by Crippen LogP contribution is -2.41. The lowest BCUT2D eigenvalue weighted by atomic mass is 9.89. The Morgan fingerprint density at radius 1 is 1.13 bits per heavy atom. The van der Waals surface area contributed by atoms with Gasteiger partial charge in [-0.3, -0.25) is 0 Å². The Bertz CT molecular complexity index is 1360. The van der Waals surface area contributed by atoms with Gasteiger partial charge >= 0.3 is 12.2 Å². The van der Waals surface area contributed by atoms with E-state index in [1.165, 1.54) is 23.2 Å². The number of aromatic nitrogens is 3. The lowest BCUT2D eigenvalue weighted by molar-refractivity contribution is -0.141. The van der Waals surface area contributed by atoms with Crippen LogP contribution >= 0.6 is 0 Å². The van der Waals surface area contributed by atoms with Crippen molar-refractivity contribution in [3.63, 3.8) is 0 Å². The molecule has 2 N–H and O–H groups in total. The lowest BCUT2D eigenvalue weighted by Gasteiger charge is -2.32. The standard InChI is InChI=1S/C25H23F5N6O3/c1-14-31-12-16(19(35-38)13-39-21-7-3-6-20(33-21)25(28,29)30)22(32-14)15-8-10-36(11-9-15)24(37)34-23-17(26)4-2-5-18(23)27/h2-7,12,15,38H,8-11,13H2,1H3,(H,34,37). The minimum Gasteiger partial charge on any atom is -0.471 e.